The van der Waals surface area contributed by atoms with Crippen molar-refractivity contribution in [3.8, 4) is 6.07 Å². The van der Waals surface area contributed by atoms with Gasteiger partial charge in [0.25, 0.3) is 0 Å². The fraction of sp³-hybridized carbons (Fsp3) is 0.222. The fourth-order valence-corrected chi connectivity index (χ4v) is 2.35. The second-order valence-electron chi connectivity index (χ2n) is 4.93. The summed E-state index contributed by atoms with van der Waals surface area (Å²) < 4.78 is 13.2. The summed E-state index contributed by atoms with van der Waals surface area (Å²) in [7, 11) is 0. The molecule has 0 saturated carbocycles. The summed E-state index contributed by atoms with van der Waals surface area (Å²) in [6.07, 6.45) is 0.205. The Morgan fingerprint density at radius 3 is 2.55 bits per heavy atom. The first-order valence-electron chi connectivity index (χ1n) is 7.16. The molecule has 0 bridgehead atoms. The van der Waals surface area contributed by atoms with E-state index in [2.05, 4.69) is 0 Å². The maximum Gasteiger partial charge on any atom is 0.244 e. The topological polar surface area (TPSA) is 44.1 Å². The first-order valence-corrected chi connectivity index (χ1v) is 7.16. The first-order chi connectivity index (χ1) is 10.7. The number of rotatable bonds is 5. The molecule has 1 atom stereocenters. The van der Waals surface area contributed by atoms with Gasteiger partial charge in [0.05, 0.1) is 6.07 Å². The Bertz CT molecular complexity index is 679. The van der Waals surface area contributed by atoms with Crippen molar-refractivity contribution in [3.05, 3.63) is 66.0 Å². The molecule has 112 valence electrons. The molecule has 0 aliphatic carbocycles. The van der Waals surface area contributed by atoms with Crippen LogP contribution in [0.15, 0.2) is 54.6 Å². The Hall–Kier alpha value is -2.67. The van der Waals surface area contributed by atoms with Crippen molar-refractivity contribution < 1.29 is 9.18 Å². The van der Waals surface area contributed by atoms with E-state index >= 15 is 0 Å². The molecule has 2 rings (SSSR count). The molecular weight excluding hydrogens is 279 g/mol. The van der Waals surface area contributed by atoms with Crippen molar-refractivity contribution in [2.24, 2.45) is 5.92 Å². The number of carbonyl (C=O) groups is 1. The smallest absolute Gasteiger partial charge is 0.244 e. The van der Waals surface area contributed by atoms with Gasteiger partial charge in [0.15, 0.2) is 0 Å². The average molecular weight is 296 g/mol. The second-order valence-corrected chi connectivity index (χ2v) is 4.93. The Morgan fingerprint density at radius 1 is 1.23 bits per heavy atom. The third-order valence-corrected chi connectivity index (χ3v) is 3.43. The van der Waals surface area contributed by atoms with Gasteiger partial charge in [0.1, 0.15) is 11.7 Å². The highest BCUT2D eigenvalue weighted by atomic mass is 19.1. The van der Waals surface area contributed by atoms with Crippen LogP contribution in [0.1, 0.15) is 12.5 Å². The molecule has 0 heterocycles. The largest absolute Gasteiger partial charge is 0.312 e. The Balaban J connectivity index is 2.19. The van der Waals surface area contributed by atoms with Gasteiger partial charge in [-0.25, -0.2) is 4.39 Å². The highest BCUT2D eigenvalue weighted by molar-refractivity contribution is 5.96. The van der Waals surface area contributed by atoms with Gasteiger partial charge in [-0.05, 0) is 43.2 Å². The minimum atomic E-state index is -0.832. The van der Waals surface area contributed by atoms with Gasteiger partial charge >= 0.3 is 0 Å². The van der Waals surface area contributed by atoms with E-state index in [1.807, 2.05) is 43.3 Å². The van der Waals surface area contributed by atoms with Crippen LogP contribution >= 0.6 is 0 Å². The first kappa shape index (κ1) is 15.7. The number of anilines is 1. The fourth-order valence-electron chi connectivity index (χ4n) is 2.35. The number of nitrogens with zero attached hydrogens (tertiary/aromatic N) is 2. The van der Waals surface area contributed by atoms with Crippen LogP contribution < -0.4 is 4.90 Å². The van der Waals surface area contributed by atoms with Crippen LogP contribution in [0.5, 0.6) is 0 Å². The molecule has 0 saturated heterocycles. The summed E-state index contributed by atoms with van der Waals surface area (Å²) in [5.41, 5.74) is 1.40. The zero-order valence-electron chi connectivity index (χ0n) is 12.4. The summed E-state index contributed by atoms with van der Waals surface area (Å²) in [4.78, 5) is 14.2. The number of para-hydroxylation sites is 1. The lowest BCUT2D eigenvalue weighted by atomic mass is 9.99. The highest BCUT2D eigenvalue weighted by Crippen LogP contribution is 2.18. The van der Waals surface area contributed by atoms with Crippen molar-refractivity contribution >= 4 is 11.6 Å². The minimum Gasteiger partial charge on any atom is -0.312 e. The molecule has 0 radical (unpaired) electrons. The molecule has 0 aromatic heterocycles. The molecule has 22 heavy (non-hydrogen) atoms. The number of amides is 1. The van der Waals surface area contributed by atoms with E-state index in [0.29, 0.717) is 12.1 Å². The number of halogens is 1. The zero-order chi connectivity index (χ0) is 15.9. The van der Waals surface area contributed by atoms with Gasteiger partial charge in [0.2, 0.25) is 5.91 Å². The van der Waals surface area contributed by atoms with Gasteiger partial charge in [-0.15, -0.1) is 0 Å². The lowest BCUT2D eigenvalue weighted by Gasteiger charge is -2.23. The molecule has 2 aromatic carbocycles. The SMILES string of the molecule is CCN(C(=O)C(C#N)Cc1cccc(F)c1)c1ccccc1. The molecule has 1 amide bonds. The minimum absolute atomic E-state index is 0.205. The number of benzene rings is 2. The summed E-state index contributed by atoms with van der Waals surface area (Å²) in [6.45, 7) is 2.34. The van der Waals surface area contributed by atoms with E-state index in [-0.39, 0.29) is 18.1 Å². The van der Waals surface area contributed by atoms with Crippen molar-refractivity contribution in [1.29, 1.82) is 5.26 Å². The van der Waals surface area contributed by atoms with E-state index < -0.39 is 5.92 Å². The molecule has 0 spiro atoms. The summed E-state index contributed by atoms with van der Waals surface area (Å²) >= 11 is 0. The van der Waals surface area contributed by atoms with Crippen molar-refractivity contribution in [3.63, 3.8) is 0 Å². The van der Waals surface area contributed by atoms with Crippen LogP contribution in [-0.4, -0.2) is 12.5 Å². The number of hydrogen-bond acceptors (Lipinski definition) is 2. The predicted molar refractivity (Wildman–Crippen MR) is 83.7 cm³/mol. The number of nitriles is 1. The van der Waals surface area contributed by atoms with Crippen LogP contribution in [0.2, 0.25) is 0 Å². The van der Waals surface area contributed by atoms with Crippen LogP contribution in [0.25, 0.3) is 0 Å². The van der Waals surface area contributed by atoms with Crippen LogP contribution in [-0.2, 0) is 11.2 Å². The monoisotopic (exact) mass is 296 g/mol. The third-order valence-electron chi connectivity index (χ3n) is 3.43. The molecule has 0 N–H and O–H groups in total. The summed E-state index contributed by atoms with van der Waals surface area (Å²) in [5.74, 6) is -1.46. The standard InChI is InChI=1S/C18H17FN2O/c1-2-21(17-9-4-3-5-10-17)18(22)15(13-20)11-14-7-6-8-16(19)12-14/h3-10,12,15H,2,11H2,1H3. The Morgan fingerprint density at radius 2 is 1.95 bits per heavy atom. The second kappa shape index (κ2) is 7.37. The lowest BCUT2D eigenvalue weighted by Crippen LogP contribution is -2.36. The van der Waals surface area contributed by atoms with Crippen LogP contribution in [0.4, 0.5) is 10.1 Å². The van der Waals surface area contributed by atoms with E-state index in [1.54, 1.807) is 17.0 Å². The third kappa shape index (κ3) is 3.70. The van der Waals surface area contributed by atoms with Crippen molar-refractivity contribution in [2.75, 3.05) is 11.4 Å². The van der Waals surface area contributed by atoms with Gasteiger partial charge in [-0.3, -0.25) is 4.79 Å². The van der Waals surface area contributed by atoms with Crippen molar-refractivity contribution in [2.45, 2.75) is 13.3 Å². The maximum atomic E-state index is 13.2. The quantitative estimate of drug-likeness (QED) is 0.846. The van der Waals surface area contributed by atoms with Crippen LogP contribution in [0, 0.1) is 23.1 Å². The van der Waals surface area contributed by atoms with E-state index in [0.717, 1.165) is 5.69 Å². The van der Waals surface area contributed by atoms with Gasteiger partial charge in [-0.1, -0.05) is 30.3 Å². The molecule has 4 heteroatoms. The van der Waals surface area contributed by atoms with E-state index in [4.69, 9.17) is 0 Å². The number of carbonyl (C=O) groups excluding carboxylic acids is 1. The zero-order valence-corrected chi connectivity index (χ0v) is 12.4. The highest BCUT2D eigenvalue weighted by Gasteiger charge is 2.24. The summed E-state index contributed by atoms with van der Waals surface area (Å²) in [6, 6.07) is 17.3. The molecule has 2 aromatic rings. The maximum absolute atomic E-state index is 13.2. The molecule has 0 fully saturated rings. The molecule has 3 nitrogen and oxygen atoms in total. The lowest BCUT2D eigenvalue weighted by molar-refractivity contribution is -0.120. The normalized spacial score (nSPS) is 11.5. The molecule has 1 unspecified atom stereocenters. The molecule has 0 aliphatic rings. The van der Waals surface area contributed by atoms with Crippen molar-refractivity contribution in [1.82, 2.24) is 0 Å². The van der Waals surface area contributed by atoms with Gasteiger partial charge < -0.3 is 4.90 Å². The van der Waals surface area contributed by atoms with E-state index in [1.165, 1.54) is 12.1 Å². The predicted octanol–water partition coefficient (Wildman–Crippen LogP) is 3.56. The molecule has 0 aliphatic heterocycles. The number of hydrogen-bond donors (Lipinski definition) is 0. The Kier molecular flexibility index (Phi) is 5.26. The summed E-state index contributed by atoms with van der Waals surface area (Å²) in [5, 5.41) is 9.33. The average Bonchev–Trinajstić information content (AvgIpc) is 2.54. The van der Waals surface area contributed by atoms with Gasteiger partial charge in [0, 0.05) is 12.2 Å². The van der Waals surface area contributed by atoms with E-state index in [9.17, 15) is 14.4 Å². The Labute approximate surface area is 129 Å². The van der Waals surface area contributed by atoms with Gasteiger partial charge in [-0.2, -0.15) is 5.26 Å². The molecular formula is C18H17FN2O. The van der Waals surface area contributed by atoms with Crippen LogP contribution in [0.3, 0.4) is 0 Å².